The van der Waals surface area contributed by atoms with Crippen LogP contribution in [0, 0.1) is 17.8 Å². The molecule has 3 heterocycles. The maximum atomic E-state index is 14.0. The number of hydrogen-bond donors (Lipinski definition) is 1. The van der Waals surface area contributed by atoms with E-state index in [1.54, 1.807) is 31.2 Å². The van der Waals surface area contributed by atoms with Crippen molar-refractivity contribution in [1.82, 2.24) is 4.90 Å². The number of carbonyl (C=O) groups excluding carboxylic acids is 3. The summed E-state index contributed by atoms with van der Waals surface area (Å²) in [6.07, 6.45) is 8.59. The molecule has 2 aromatic carbocycles. The molecule has 6 aliphatic rings. The fourth-order valence-electron chi connectivity index (χ4n) is 10.9. The van der Waals surface area contributed by atoms with Crippen molar-refractivity contribution in [2.45, 2.75) is 120 Å². The van der Waals surface area contributed by atoms with Gasteiger partial charge in [-0.2, -0.15) is 0 Å². The number of nitrogens with zero attached hydrogens (tertiary/aromatic N) is 1. The third kappa shape index (κ3) is 6.55. The van der Waals surface area contributed by atoms with Crippen LogP contribution in [0.2, 0.25) is 0 Å². The Labute approximate surface area is 335 Å². The van der Waals surface area contributed by atoms with Gasteiger partial charge in [-0.1, -0.05) is 69.3 Å². The van der Waals surface area contributed by atoms with E-state index in [-0.39, 0.29) is 36.7 Å². The van der Waals surface area contributed by atoms with Gasteiger partial charge in [0.1, 0.15) is 18.3 Å². The zero-order valence-electron chi connectivity index (χ0n) is 33.7. The summed E-state index contributed by atoms with van der Waals surface area (Å²) in [7, 11) is 1.49. The topological polar surface area (TPSA) is 130 Å². The summed E-state index contributed by atoms with van der Waals surface area (Å²) < 4.78 is 38.4. The molecule has 4 fully saturated rings. The molecule has 57 heavy (non-hydrogen) atoms. The van der Waals surface area contributed by atoms with Crippen molar-refractivity contribution in [2.75, 3.05) is 20.3 Å². The molecule has 1 unspecified atom stereocenters. The predicted octanol–water partition coefficient (Wildman–Crippen LogP) is 7.19. The lowest BCUT2D eigenvalue weighted by Crippen LogP contribution is -2.70. The lowest BCUT2D eigenvalue weighted by molar-refractivity contribution is -0.425. The molecule has 1 amide bonds. The highest BCUT2D eigenvalue weighted by atomic mass is 16.9. The number of esters is 1. The van der Waals surface area contributed by atoms with E-state index in [0.717, 1.165) is 43.2 Å². The molecule has 0 spiro atoms. The van der Waals surface area contributed by atoms with Gasteiger partial charge in [0, 0.05) is 24.4 Å². The van der Waals surface area contributed by atoms with Crippen LogP contribution >= 0.6 is 0 Å². The van der Waals surface area contributed by atoms with Gasteiger partial charge in [0.15, 0.2) is 22.9 Å². The Kier molecular flexibility index (Phi) is 10.3. The number of amides is 1. The Balaban J connectivity index is 1.02. The number of piperidine rings is 1. The van der Waals surface area contributed by atoms with Crippen molar-refractivity contribution >= 4 is 17.8 Å². The number of hydrogen-bond acceptors (Lipinski definition) is 10. The summed E-state index contributed by atoms with van der Waals surface area (Å²) in [5, 5.41) is 12.5. The first-order chi connectivity index (χ1) is 27.3. The van der Waals surface area contributed by atoms with Gasteiger partial charge in [-0.25, -0.2) is 4.79 Å². The molecule has 0 aromatic heterocycles. The Morgan fingerprint density at radius 3 is 2.60 bits per heavy atom. The summed E-state index contributed by atoms with van der Waals surface area (Å²) in [6, 6.07) is 15.1. The van der Waals surface area contributed by atoms with E-state index >= 15 is 0 Å². The van der Waals surface area contributed by atoms with Gasteiger partial charge in [0.25, 0.3) is 5.97 Å². The summed E-state index contributed by atoms with van der Waals surface area (Å²) >= 11 is 0. The van der Waals surface area contributed by atoms with Crippen LogP contribution in [-0.4, -0.2) is 83.0 Å². The number of carbonyl (C=O) groups is 3. The monoisotopic (exact) mass is 781 g/mol. The number of likely N-dealkylation sites (tertiary alicyclic amines) is 1. The van der Waals surface area contributed by atoms with Crippen molar-refractivity contribution in [3.8, 4) is 11.5 Å². The van der Waals surface area contributed by atoms with E-state index in [0.29, 0.717) is 48.3 Å². The highest BCUT2D eigenvalue weighted by Crippen LogP contribution is 2.68. The Bertz CT molecular complexity index is 2010. The Morgan fingerprint density at radius 2 is 1.86 bits per heavy atom. The number of aliphatic hydroxyl groups is 1. The van der Waals surface area contributed by atoms with Crippen LogP contribution in [0.25, 0.3) is 0 Å². The van der Waals surface area contributed by atoms with E-state index in [4.69, 9.17) is 28.4 Å². The van der Waals surface area contributed by atoms with Crippen LogP contribution in [0.1, 0.15) is 83.8 Å². The third-order valence-electron chi connectivity index (χ3n) is 13.4. The smallest absolute Gasteiger partial charge is 0.415 e. The van der Waals surface area contributed by atoms with Gasteiger partial charge < -0.3 is 38.4 Å². The standard InChI is InChI=1S/C46H55NO10/c1-7-13-34-16-11-12-19-47(34)42(50)54-36-18-17-32(22-37(36)52-6)23-39(48)53-27-33-21-35-41-44(28(2)3)24-30(5)46(35,38-20-29(4)40(49)43(38,51)25-33)57-45(55-41,56-44)26-31-14-9-8-10-15-31/h8-10,14-15,17-18,20,22,25,30,34-35,38,41,51H,2,7,11-13,16,19,21,23-24,26-27H2,1,3-6H3/t30-,34?,35+,38-,41-,43-,44-,45-,46-/m1/s1. The minimum atomic E-state index is -1.92. The second kappa shape index (κ2) is 14.8. The molecular weight excluding hydrogens is 727 g/mol. The number of fused-ring (bicyclic) bond motifs is 2. The molecule has 11 nitrogen and oxygen atoms in total. The van der Waals surface area contributed by atoms with Crippen LogP contribution in [-0.2, 0) is 41.4 Å². The fraction of sp³-hybridized carbons (Fsp3) is 0.543. The SMILES string of the molecule is C=C(C)[C@]12C[C@@H](C)[C@@]34O[C@](Cc5ccccc5)(O[C@@H]1[C@@H]3CC(COC(=O)Cc1ccc(OC(=O)N3CCCCC3CCC)c(OC)c1)=C[C@]1(O)C(=O)C(C)=C[C@@H]41)O2. The normalized spacial score (nSPS) is 35.1. The van der Waals surface area contributed by atoms with Gasteiger partial charge in [-0.15, -0.1) is 0 Å². The number of ketones is 1. The van der Waals surface area contributed by atoms with Crippen LogP contribution in [0.4, 0.5) is 4.79 Å². The lowest BCUT2D eigenvalue weighted by Gasteiger charge is -2.59. The van der Waals surface area contributed by atoms with Crippen molar-refractivity contribution in [3.05, 3.63) is 95.1 Å². The highest BCUT2D eigenvalue weighted by Gasteiger charge is 2.79. The van der Waals surface area contributed by atoms with Crippen molar-refractivity contribution < 1.29 is 47.9 Å². The number of ether oxygens (including phenoxy) is 6. The van der Waals surface area contributed by atoms with Crippen molar-refractivity contribution in [2.24, 2.45) is 17.8 Å². The molecule has 304 valence electrons. The minimum Gasteiger partial charge on any atom is -0.493 e. The molecule has 1 saturated carbocycles. The average molecular weight is 782 g/mol. The molecule has 3 saturated heterocycles. The summed E-state index contributed by atoms with van der Waals surface area (Å²) in [5.74, 6) is -3.03. The minimum absolute atomic E-state index is 0.0804. The zero-order valence-corrected chi connectivity index (χ0v) is 33.7. The molecular formula is C46H55NO10. The lowest BCUT2D eigenvalue weighted by atomic mass is 9.54. The third-order valence-corrected chi connectivity index (χ3v) is 13.4. The van der Waals surface area contributed by atoms with E-state index in [9.17, 15) is 19.5 Å². The second-order valence-corrected chi connectivity index (χ2v) is 17.1. The quantitative estimate of drug-likeness (QED) is 0.185. The molecule has 3 aliphatic carbocycles. The van der Waals surface area contributed by atoms with Crippen molar-refractivity contribution in [3.63, 3.8) is 0 Å². The van der Waals surface area contributed by atoms with E-state index < -0.39 is 52.6 Å². The van der Waals surface area contributed by atoms with Crippen LogP contribution in [0.5, 0.6) is 11.5 Å². The number of Topliss-reactive ketones (excluding diaryl/α,β-unsaturated/α-hetero) is 1. The maximum Gasteiger partial charge on any atom is 0.415 e. The Hall–Kier alpha value is -4.29. The fourth-order valence-corrected chi connectivity index (χ4v) is 10.9. The largest absolute Gasteiger partial charge is 0.493 e. The van der Waals surface area contributed by atoms with Crippen LogP contribution in [0.3, 0.4) is 0 Å². The zero-order chi connectivity index (χ0) is 40.3. The second-order valence-electron chi connectivity index (χ2n) is 17.1. The average Bonchev–Trinajstić information content (AvgIpc) is 3.49. The first kappa shape index (κ1) is 39.5. The van der Waals surface area contributed by atoms with Crippen LogP contribution < -0.4 is 9.47 Å². The first-order valence-corrected chi connectivity index (χ1v) is 20.5. The molecule has 3 aliphatic heterocycles. The molecule has 3 bridgehead atoms. The van der Waals surface area contributed by atoms with Crippen LogP contribution in [0.15, 0.2) is 84.0 Å². The maximum absolute atomic E-state index is 14.0. The molecule has 11 heteroatoms. The van der Waals surface area contributed by atoms with Crippen molar-refractivity contribution in [1.29, 1.82) is 0 Å². The van der Waals surface area contributed by atoms with Gasteiger partial charge in [-0.05, 0) is 104 Å². The summed E-state index contributed by atoms with van der Waals surface area (Å²) in [5.41, 5.74) is -0.396. The Morgan fingerprint density at radius 1 is 1.07 bits per heavy atom. The van der Waals surface area contributed by atoms with Gasteiger partial charge in [-0.3, -0.25) is 9.59 Å². The molecule has 9 atom stereocenters. The van der Waals surface area contributed by atoms with E-state index in [1.807, 2.05) is 48.2 Å². The number of benzene rings is 2. The number of methoxy groups -OCH3 is 1. The predicted molar refractivity (Wildman–Crippen MR) is 210 cm³/mol. The molecule has 2 aromatic rings. The van der Waals surface area contributed by atoms with Gasteiger partial charge in [0.2, 0.25) is 0 Å². The first-order valence-electron chi connectivity index (χ1n) is 20.5. The van der Waals surface area contributed by atoms with Gasteiger partial charge in [0.05, 0.1) is 25.6 Å². The van der Waals surface area contributed by atoms with Gasteiger partial charge >= 0.3 is 12.1 Å². The summed E-state index contributed by atoms with van der Waals surface area (Å²) in [4.78, 5) is 42.4. The van der Waals surface area contributed by atoms with E-state index in [2.05, 4.69) is 20.4 Å². The molecule has 1 N–H and O–H groups in total. The molecule has 8 rings (SSSR count). The highest BCUT2D eigenvalue weighted by molar-refractivity contribution is 6.06. The number of rotatable bonds is 11. The molecule has 0 radical (unpaired) electrons. The summed E-state index contributed by atoms with van der Waals surface area (Å²) in [6.45, 7) is 12.8. The van der Waals surface area contributed by atoms with E-state index in [1.165, 1.54) is 7.11 Å².